The van der Waals surface area contributed by atoms with Crippen molar-refractivity contribution in [2.75, 3.05) is 5.73 Å². The van der Waals surface area contributed by atoms with Gasteiger partial charge in [0.15, 0.2) is 5.69 Å². The lowest BCUT2D eigenvalue weighted by atomic mass is 10.1. The van der Waals surface area contributed by atoms with Gasteiger partial charge in [0, 0.05) is 23.9 Å². The van der Waals surface area contributed by atoms with E-state index >= 15 is 0 Å². The minimum absolute atomic E-state index is 0.00897. The van der Waals surface area contributed by atoms with Crippen LogP contribution in [0.4, 0.5) is 11.5 Å². The van der Waals surface area contributed by atoms with Gasteiger partial charge < -0.3 is 11.2 Å². The molecule has 13 nitrogen and oxygen atoms in total. The fourth-order valence-corrected chi connectivity index (χ4v) is 2.25. The number of benzene rings is 1. The standard InChI is InChI=1S/C15H15N9O4/c1-8(2)7-17-19-15(25)11-12(9-4-3-5-10(6-9)24(26)27)23(22-18-11)14-13(16)20-28-21-14/h3-7,17H,1-2H3,(H2,16,20)(H,19,25). The van der Waals surface area contributed by atoms with E-state index < -0.39 is 10.8 Å². The molecule has 0 spiro atoms. The van der Waals surface area contributed by atoms with Crippen LogP contribution in [0, 0.1) is 10.1 Å². The molecule has 0 radical (unpaired) electrons. The number of amides is 1. The molecule has 0 bridgehead atoms. The van der Waals surface area contributed by atoms with Crippen molar-refractivity contribution in [1.29, 1.82) is 0 Å². The zero-order valence-electron chi connectivity index (χ0n) is 14.8. The van der Waals surface area contributed by atoms with Gasteiger partial charge in [0.25, 0.3) is 11.6 Å². The van der Waals surface area contributed by atoms with Gasteiger partial charge in [-0.3, -0.25) is 20.3 Å². The van der Waals surface area contributed by atoms with Crippen molar-refractivity contribution in [3.8, 4) is 17.1 Å². The highest BCUT2D eigenvalue weighted by Gasteiger charge is 2.26. The van der Waals surface area contributed by atoms with E-state index in [4.69, 9.17) is 5.73 Å². The van der Waals surface area contributed by atoms with E-state index in [1.165, 1.54) is 18.2 Å². The van der Waals surface area contributed by atoms with Gasteiger partial charge in [-0.2, -0.15) is 4.68 Å². The Morgan fingerprint density at radius 1 is 1.36 bits per heavy atom. The van der Waals surface area contributed by atoms with Crippen LogP contribution in [0.3, 0.4) is 0 Å². The van der Waals surface area contributed by atoms with Crippen molar-refractivity contribution < 1.29 is 14.3 Å². The number of nitrogens with zero attached hydrogens (tertiary/aromatic N) is 6. The largest absolute Gasteiger partial charge is 0.378 e. The number of hydrazine groups is 1. The molecule has 144 valence electrons. The molecule has 0 aliphatic rings. The van der Waals surface area contributed by atoms with Crippen LogP contribution in [0.5, 0.6) is 0 Å². The molecule has 0 unspecified atom stereocenters. The number of non-ortho nitro benzene ring substituents is 1. The van der Waals surface area contributed by atoms with E-state index in [0.29, 0.717) is 5.56 Å². The molecule has 0 atom stereocenters. The van der Waals surface area contributed by atoms with Crippen molar-refractivity contribution in [1.82, 2.24) is 36.2 Å². The van der Waals surface area contributed by atoms with Crippen LogP contribution in [0.15, 0.2) is 40.7 Å². The quantitative estimate of drug-likeness (QED) is 0.408. The van der Waals surface area contributed by atoms with Gasteiger partial charge in [0.05, 0.1) is 4.92 Å². The van der Waals surface area contributed by atoms with Crippen LogP contribution in [0.2, 0.25) is 0 Å². The zero-order valence-corrected chi connectivity index (χ0v) is 14.8. The van der Waals surface area contributed by atoms with Gasteiger partial charge in [-0.15, -0.1) is 5.10 Å². The van der Waals surface area contributed by atoms with Crippen LogP contribution in [0.25, 0.3) is 17.1 Å². The SMILES string of the molecule is CC(C)=CNNC(=O)c1nnn(-c2nonc2N)c1-c1cccc([N+](=O)[O-])c1. The number of hydrogen-bond acceptors (Lipinski definition) is 10. The number of allylic oxidation sites excluding steroid dienone is 1. The number of nitrogens with two attached hydrogens (primary N) is 1. The van der Waals surface area contributed by atoms with Crippen molar-refractivity contribution >= 4 is 17.4 Å². The summed E-state index contributed by atoms with van der Waals surface area (Å²) in [4.78, 5) is 23.1. The summed E-state index contributed by atoms with van der Waals surface area (Å²) in [6, 6.07) is 5.63. The normalized spacial score (nSPS) is 10.4. The molecule has 0 aliphatic carbocycles. The molecule has 4 N–H and O–H groups in total. The summed E-state index contributed by atoms with van der Waals surface area (Å²) in [5, 5.41) is 26.0. The third kappa shape index (κ3) is 3.62. The number of aromatic nitrogens is 5. The molecule has 2 heterocycles. The van der Waals surface area contributed by atoms with E-state index in [0.717, 1.165) is 10.3 Å². The summed E-state index contributed by atoms with van der Waals surface area (Å²) in [7, 11) is 0. The number of carbonyl (C=O) groups is 1. The number of anilines is 1. The highest BCUT2D eigenvalue weighted by atomic mass is 16.6. The third-order valence-electron chi connectivity index (χ3n) is 3.46. The molecule has 3 rings (SSSR count). The van der Waals surface area contributed by atoms with E-state index in [9.17, 15) is 14.9 Å². The summed E-state index contributed by atoms with van der Waals surface area (Å²) in [6.07, 6.45) is 1.58. The Balaban J connectivity index is 2.11. The van der Waals surface area contributed by atoms with E-state index in [2.05, 4.69) is 36.1 Å². The third-order valence-corrected chi connectivity index (χ3v) is 3.46. The number of nitrogen functional groups attached to an aromatic ring is 1. The van der Waals surface area contributed by atoms with Crippen molar-refractivity contribution in [2.45, 2.75) is 13.8 Å². The smallest absolute Gasteiger partial charge is 0.292 e. The second kappa shape index (κ2) is 7.53. The molecule has 0 fully saturated rings. The minimum atomic E-state index is -0.625. The van der Waals surface area contributed by atoms with Crippen LogP contribution in [0.1, 0.15) is 24.3 Å². The monoisotopic (exact) mass is 385 g/mol. The first-order valence-electron chi connectivity index (χ1n) is 7.86. The Bertz CT molecular complexity index is 1070. The lowest BCUT2D eigenvalue weighted by molar-refractivity contribution is -0.384. The van der Waals surface area contributed by atoms with Gasteiger partial charge in [-0.05, 0) is 24.2 Å². The zero-order chi connectivity index (χ0) is 20.3. The van der Waals surface area contributed by atoms with Crippen LogP contribution >= 0.6 is 0 Å². The van der Waals surface area contributed by atoms with E-state index in [1.807, 2.05) is 13.8 Å². The molecule has 13 heteroatoms. The lowest BCUT2D eigenvalue weighted by Gasteiger charge is -2.07. The summed E-state index contributed by atoms with van der Waals surface area (Å²) < 4.78 is 5.70. The van der Waals surface area contributed by atoms with Crippen LogP contribution in [-0.4, -0.2) is 36.1 Å². The topological polar surface area (TPSA) is 180 Å². The average molecular weight is 385 g/mol. The predicted molar refractivity (Wildman–Crippen MR) is 95.8 cm³/mol. The molecule has 3 aromatic rings. The Hall–Kier alpha value is -4.29. The summed E-state index contributed by atoms with van der Waals surface area (Å²) in [6.45, 7) is 3.68. The average Bonchev–Trinajstić information content (AvgIpc) is 3.27. The molecular weight excluding hydrogens is 370 g/mol. The molecule has 0 aliphatic heterocycles. The molecule has 2 aromatic heterocycles. The molecule has 1 aromatic carbocycles. The lowest BCUT2D eigenvalue weighted by Crippen LogP contribution is -2.34. The van der Waals surface area contributed by atoms with E-state index in [-0.39, 0.29) is 28.7 Å². The molecule has 0 saturated heterocycles. The second-order valence-corrected chi connectivity index (χ2v) is 5.80. The summed E-state index contributed by atoms with van der Waals surface area (Å²) in [5.74, 6) is -0.725. The highest BCUT2D eigenvalue weighted by molar-refractivity contribution is 5.98. The highest BCUT2D eigenvalue weighted by Crippen LogP contribution is 2.28. The maximum Gasteiger partial charge on any atom is 0.292 e. The van der Waals surface area contributed by atoms with Crippen LogP contribution in [-0.2, 0) is 0 Å². The first-order valence-corrected chi connectivity index (χ1v) is 7.86. The number of rotatable bonds is 6. The fourth-order valence-electron chi connectivity index (χ4n) is 2.25. The van der Waals surface area contributed by atoms with Crippen molar-refractivity contribution in [2.24, 2.45) is 0 Å². The summed E-state index contributed by atoms with van der Waals surface area (Å²) in [5.41, 5.74) is 11.8. The Morgan fingerprint density at radius 3 is 2.79 bits per heavy atom. The van der Waals surface area contributed by atoms with Crippen molar-refractivity contribution in [3.63, 3.8) is 0 Å². The maximum absolute atomic E-state index is 12.6. The molecule has 1 amide bonds. The van der Waals surface area contributed by atoms with Gasteiger partial charge in [-0.1, -0.05) is 22.9 Å². The Labute approximate surface area is 157 Å². The van der Waals surface area contributed by atoms with Crippen LogP contribution < -0.4 is 16.6 Å². The molecular formula is C15H15N9O4. The Kier molecular flexibility index (Phi) is 4.97. The van der Waals surface area contributed by atoms with Crippen molar-refractivity contribution in [3.05, 3.63) is 51.8 Å². The number of hydrogen-bond donors (Lipinski definition) is 3. The van der Waals surface area contributed by atoms with Gasteiger partial charge in [0.1, 0.15) is 5.69 Å². The van der Waals surface area contributed by atoms with Gasteiger partial charge in [0.2, 0.25) is 11.6 Å². The van der Waals surface area contributed by atoms with Gasteiger partial charge in [-0.25, -0.2) is 4.63 Å². The summed E-state index contributed by atoms with van der Waals surface area (Å²) >= 11 is 0. The maximum atomic E-state index is 12.6. The first-order chi connectivity index (χ1) is 13.4. The first kappa shape index (κ1) is 18.5. The number of nitrogens with one attached hydrogen (secondary N) is 2. The number of carbonyl (C=O) groups excluding carboxylic acids is 1. The second-order valence-electron chi connectivity index (χ2n) is 5.80. The van der Waals surface area contributed by atoms with Gasteiger partial charge >= 0.3 is 0 Å². The minimum Gasteiger partial charge on any atom is -0.378 e. The number of nitro groups is 1. The Morgan fingerprint density at radius 2 is 2.14 bits per heavy atom. The van der Waals surface area contributed by atoms with E-state index in [1.54, 1.807) is 12.3 Å². The molecule has 0 saturated carbocycles. The predicted octanol–water partition coefficient (Wildman–Crippen LogP) is 0.966. The molecule has 28 heavy (non-hydrogen) atoms. The fraction of sp³-hybridized carbons (Fsp3) is 0.133. The number of nitro benzene ring substituents is 1.